The van der Waals surface area contributed by atoms with Crippen molar-refractivity contribution >= 4 is 23.9 Å². The van der Waals surface area contributed by atoms with Crippen LogP contribution in [-0.4, -0.2) is 69.3 Å². The van der Waals surface area contributed by atoms with Gasteiger partial charge in [0.25, 0.3) is 0 Å². The Morgan fingerprint density at radius 2 is 2.10 bits per heavy atom. The molecule has 0 aliphatic carbocycles. The van der Waals surface area contributed by atoms with Crippen LogP contribution in [0.15, 0.2) is 47.8 Å². The third-order valence-corrected chi connectivity index (χ3v) is 4.10. The lowest BCUT2D eigenvalue weighted by atomic mass is 10.1. The van der Waals surface area contributed by atoms with E-state index in [4.69, 9.17) is 10.5 Å². The fraction of sp³-hybridized carbons (Fsp3) is 0.429. The molecule has 30 heavy (non-hydrogen) atoms. The van der Waals surface area contributed by atoms with Gasteiger partial charge in [-0.25, -0.2) is 9.97 Å². The number of amides is 1. The third-order valence-electron chi connectivity index (χ3n) is 4.10. The number of likely N-dealkylation sites (N-methyl/N-ethyl adjacent to an activating group) is 1. The Bertz CT molecular complexity index is 734. The number of carbonyl (C=O) groups excluding carboxylic acids is 1. The summed E-state index contributed by atoms with van der Waals surface area (Å²) in [6.07, 6.45) is 11.2. The highest BCUT2D eigenvalue weighted by molar-refractivity contribution is 5.87. The number of anilines is 1. The van der Waals surface area contributed by atoms with Crippen molar-refractivity contribution < 1.29 is 9.53 Å². The molecule has 0 spiro atoms. The summed E-state index contributed by atoms with van der Waals surface area (Å²) in [4.78, 5) is 24.1. The van der Waals surface area contributed by atoms with Crippen molar-refractivity contribution in [3.8, 4) is 0 Å². The Labute approximate surface area is 178 Å². The minimum Gasteiger partial charge on any atom is -0.380 e. The predicted octanol–water partition coefficient (Wildman–Crippen LogP) is 1.12. The molecule has 2 rings (SSSR count). The molecule has 4 N–H and O–H groups in total. The summed E-state index contributed by atoms with van der Waals surface area (Å²) in [5.74, 6) is 0.899. The van der Waals surface area contributed by atoms with E-state index in [2.05, 4.69) is 50.1 Å². The monoisotopic (exact) mass is 415 g/mol. The second kappa shape index (κ2) is 14.9. The lowest BCUT2D eigenvalue weighted by Gasteiger charge is -2.19. The van der Waals surface area contributed by atoms with Crippen LogP contribution in [0, 0.1) is 0 Å². The average molecular weight is 416 g/mol. The van der Waals surface area contributed by atoms with Crippen LogP contribution in [0.5, 0.6) is 0 Å². The zero-order valence-corrected chi connectivity index (χ0v) is 18.1. The minimum atomic E-state index is 0.134. The van der Waals surface area contributed by atoms with Crippen molar-refractivity contribution in [3.63, 3.8) is 0 Å². The van der Waals surface area contributed by atoms with Gasteiger partial charge in [-0.15, -0.1) is 0 Å². The number of aromatic nitrogens is 2. The van der Waals surface area contributed by atoms with Gasteiger partial charge < -0.3 is 20.7 Å². The van der Waals surface area contributed by atoms with Gasteiger partial charge in [0.15, 0.2) is 5.96 Å². The molecule has 0 saturated carbocycles. The number of ether oxygens (including phenoxy) is 1. The number of nitrogens with zero attached hydrogens (tertiary/aromatic N) is 4. The highest BCUT2D eigenvalue weighted by Crippen LogP contribution is 2.15. The molecule has 0 unspecified atom stereocenters. The van der Waals surface area contributed by atoms with Crippen molar-refractivity contribution in [1.29, 1.82) is 0 Å². The van der Waals surface area contributed by atoms with E-state index in [0.717, 1.165) is 56.4 Å². The molecule has 2 heterocycles. The van der Waals surface area contributed by atoms with Gasteiger partial charge in [-0.2, -0.15) is 0 Å². The summed E-state index contributed by atoms with van der Waals surface area (Å²) in [5.41, 5.74) is 8.11. The van der Waals surface area contributed by atoms with Crippen molar-refractivity contribution in [2.24, 2.45) is 10.7 Å². The number of carbonyl (C=O) groups is 1. The van der Waals surface area contributed by atoms with E-state index in [9.17, 15) is 4.79 Å². The fourth-order valence-corrected chi connectivity index (χ4v) is 2.48. The second-order valence-corrected chi connectivity index (χ2v) is 6.52. The lowest BCUT2D eigenvalue weighted by molar-refractivity contribution is -0.108. The number of aliphatic imine (C=N–C) groups is 1. The van der Waals surface area contributed by atoms with E-state index in [1.165, 1.54) is 12.6 Å². The summed E-state index contributed by atoms with van der Waals surface area (Å²) in [5, 5.41) is 5.26. The molecule has 9 nitrogen and oxygen atoms in total. The van der Waals surface area contributed by atoms with E-state index < -0.39 is 0 Å². The third kappa shape index (κ3) is 9.94. The Kier molecular flexibility index (Phi) is 12.4. The van der Waals surface area contributed by atoms with Gasteiger partial charge in [0.05, 0.1) is 6.61 Å². The molecule has 1 aromatic heterocycles. The van der Waals surface area contributed by atoms with E-state index in [-0.39, 0.29) is 5.96 Å². The van der Waals surface area contributed by atoms with Crippen LogP contribution < -0.4 is 21.3 Å². The van der Waals surface area contributed by atoms with Crippen LogP contribution in [0.3, 0.4) is 0 Å². The summed E-state index contributed by atoms with van der Waals surface area (Å²) in [7, 11) is 3.43. The maximum absolute atomic E-state index is 9.50. The van der Waals surface area contributed by atoms with Gasteiger partial charge in [-0.05, 0) is 26.0 Å². The number of allylic oxidation sites excluding steroid dienone is 4. The molecule has 1 fully saturated rings. The standard InChI is InChI=1S/C18H26N4O.C3H7N3O/c1-15(12-19-3)6-4-7-16(2)17-13-20-18(21-14-17)22-8-5-10-23-11-9-22;1-5-3(4)6-2-7/h4,6-7,13-14,19H,2,5,8-12H2,1,3H3;2H,1H3,(H3,4,5,6,7)/b7-4-,15-6+;. The molecule has 1 aliphatic rings. The summed E-state index contributed by atoms with van der Waals surface area (Å²) >= 11 is 0. The quantitative estimate of drug-likeness (QED) is 0.264. The van der Waals surface area contributed by atoms with Crippen molar-refractivity contribution in [3.05, 3.63) is 48.3 Å². The average Bonchev–Trinajstić information content (AvgIpc) is 3.04. The number of nitrogens with one attached hydrogen (secondary N) is 2. The van der Waals surface area contributed by atoms with Crippen molar-refractivity contribution in [1.82, 2.24) is 20.6 Å². The van der Waals surface area contributed by atoms with Crippen LogP contribution in [-0.2, 0) is 9.53 Å². The normalized spacial score (nSPS) is 15.2. The maximum Gasteiger partial charge on any atom is 0.225 e. The minimum absolute atomic E-state index is 0.134. The predicted molar refractivity (Wildman–Crippen MR) is 122 cm³/mol. The Hall–Kier alpha value is -3.04. The molecule has 0 aromatic carbocycles. The van der Waals surface area contributed by atoms with Gasteiger partial charge in [-0.1, -0.05) is 30.4 Å². The van der Waals surface area contributed by atoms with Gasteiger partial charge in [0.1, 0.15) is 0 Å². The van der Waals surface area contributed by atoms with Gasteiger partial charge in [0.2, 0.25) is 12.4 Å². The second-order valence-electron chi connectivity index (χ2n) is 6.52. The molecule has 0 atom stereocenters. The molecule has 1 aliphatic heterocycles. The van der Waals surface area contributed by atoms with Crippen LogP contribution in [0.2, 0.25) is 0 Å². The smallest absolute Gasteiger partial charge is 0.225 e. The molecule has 9 heteroatoms. The molecule has 1 saturated heterocycles. The number of guanidine groups is 1. The molecular formula is C21H33N7O2. The zero-order chi connectivity index (χ0) is 22.2. The Morgan fingerprint density at radius 1 is 1.37 bits per heavy atom. The first-order chi connectivity index (χ1) is 14.5. The van der Waals surface area contributed by atoms with E-state index in [1.54, 1.807) is 0 Å². The first kappa shape index (κ1) is 25.0. The highest BCUT2D eigenvalue weighted by atomic mass is 16.5. The van der Waals surface area contributed by atoms with Gasteiger partial charge in [-0.3, -0.25) is 15.1 Å². The van der Waals surface area contributed by atoms with E-state index in [1.807, 2.05) is 31.6 Å². The number of hydrogen-bond donors (Lipinski definition) is 3. The topological polar surface area (TPSA) is 118 Å². The summed E-state index contributed by atoms with van der Waals surface area (Å²) in [6, 6.07) is 0. The van der Waals surface area contributed by atoms with Crippen molar-refractivity contribution in [2.75, 3.05) is 51.8 Å². The van der Waals surface area contributed by atoms with Gasteiger partial charge in [0, 0.05) is 51.2 Å². The maximum atomic E-state index is 9.50. The number of nitrogens with two attached hydrogens (primary N) is 1. The number of hydrogen-bond acceptors (Lipinski definition) is 7. The number of rotatable bonds is 7. The summed E-state index contributed by atoms with van der Waals surface area (Å²) in [6.45, 7) is 10.4. The molecule has 164 valence electrons. The van der Waals surface area contributed by atoms with Crippen molar-refractivity contribution in [2.45, 2.75) is 13.3 Å². The molecule has 0 bridgehead atoms. The first-order valence-corrected chi connectivity index (χ1v) is 9.76. The SMILES string of the molecule is C=C(/C=C\C=C(/C)CNC)c1cnc(N2CCCOCC2)nc1.CN=C(N)NC=O. The van der Waals surface area contributed by atoms with E-state index in [0.29, 0.717) is 6.41 Å². The van der Waals surface area contributed by atoms with Gasteiger partial charge >= 0.3 is 0 Å². The molecule has 1 aromatic rings. The first-order valence-electron chi connectivity index (χ1n) is 9.76. The molecular weight excluding hydrogens is 382 g/mol. The van der Waals surface area contributed by atoms with Crippen LogP contribution in [0.25, 0.3) is 5.57 Å². The zero-order valence-electron chi connectivity index (χ0n) is 18.1. The van der Waals surface area contributed by atoms with Crippen LogP contribution in [0.1, 0.15) is 18.9 Å². The van der Waals surface area contributed by atoms with Crippen LogP contribution >= 0.6 is 0 Å². The highest BCUT2D eigenvalue weighted by Gasteiger charge is 2.12. The molecule has 0 radical (unpaired) electrons. The Balaban J connectivity index is 0.000000553. The largest absolute Gasteiger partial charge is 0.380 e. The van der Waals surface area contributed by atoms with E-state index >= 15 is 0 Å². The lowest BCUT2D eigenvalue weighted by Crippen LogP contribution is -2.29. The molecule has 1 amide bonds. The summed E-state index contributed by atoms with van der Waals surface area (Å²) < 4.78 is 5.46. The van der Waals surface area contributed by atoms with Crippen LogP contribution in [0.4, 0.5) is 5.95 Å². The Morgan fingerprint density at radius 3 is 2.70 bits per heavy atom. The fourth-order valence-electron chi connectivity index (χ4n) is 2.48.